The van der Waals surface area contributed by atoms with Crippen molar-refractivity contribution in [2.24, 2.45) is 0 Å². The second-order valence-corrected chi connectivity index (χ2v) is 43.8. The van der Waals surface area contributed by atoms with Gasteiger partial charge in [0.05, 0.1) is 8.07 Å². The highest BCUT2D eigenvalue weighted by atomic mass is 28.4. The van der Waals surface area contributed by atoms with Crippen LogP contribution in [0.1, 0.15) is 147 Å². The van der Waals surface area contributed by atoms with E-state index >= 15 is 0 Å². The molecule has 1 aliphatic rings. The summed E-state index contributed by atoms with van der Waals surface area (Å²) >= 11 is 0. The molecule has 0 atom stereocenters. The number of hydrogen-bond donors (Lipinski definition) is 0. The zero-order chi connectivity index (χ0) is 46.4. The van der Waals surface area contributed by atoms with Gasteiger partial charge in [0.25, 0.3) is 0 Å². The van der Waals surface area contributed by atoms with Gasteiger partial charge in [0, 0.05) is 40.2 Å². The minimum Gasteiger partial charge on any atom is -0.543 e. The van der Waals surface area contributed by atoms with Gasteiger partial charge in [-0.05, 0) is 119 Å². The van der Waals surface area contributed by atoms with Crippen LogP contribution in [0, 0.1) is 37.0 Å². The van der Waals surface area contributed by atoms with Gasteiger partial charge in [-0.15, -0.1) is 19.3 Å². The predicted octanol–water partition coefficient (Wildman–Crippen LogP) is 15.8. The molecule has 0 aliphatic heterocycles. The Balaban J connectivity index is 0.000000849. The molecule has 0 unspecified atom stereocenters. The van der Waals surface area contributed by atoms with Crippen molar-refractivity contribution in [3.63, 3.8) is 0 Å². The molecule has 0 bridgehead atoms. The van der Waals surface area contributed by atoms with E-state index in [2.05, 4.69) is 185 Å². The lowest BCUT2D eigenvalue weighted by Gasteiger charge is -2.41. The van der Waals surface area contributed by atoms with Crippen LogP contribution >= 0.6 is 0 Å². The molecule has 0 amide bonds. The molecule has 3 aromatic rings. The minimum atomic E-state index is -2.25. The summed E-state index contributed by atoms with van der Waals surface area (Å²) in [5.74, 6) is 11.2. The van der Waals surface area contributed by atoms with E-state index in [0.717, 1.165) is 67.3 Å². The zero-order valence-electron chi connectivity index (χ0n) is 41.9. The van der Waals surface area contributed by atoms with E-state index in [1.165, 1.54) is 0 Å². The third-order valence-electron chi connectivity index (χ3n) is 15.3. The summed E-state index contributed by atoms with van der Waals surface area (Å²) < 4.78 is 21.2. The molecule has 0 N–H and O–H groups in total. The van der Waals surface area contributed by atoms with Crippen molar-refractivity contribution in [2.45, 2.75) is 187 Å². The Morgan fingerprint density at radius 2 is 0.867 bits per heavy atom. The summed E-state index contributed by atoms with van der Waals surface area (Å²) in [5, 5.41) is 0.564. The van der Waals surface area contributed by atoms with E-state index in [0.29, 0.717) is 11.5 Å². The largest absolute Gasteiger partial charge is 0.543 e. The molecule has 4 rings (SSSR count). The van der Waals surface area contributed by atoms with Crippen LogP contribution in [0.2, 0.25) is 78.1 Å². The Morgan fingerprint density at radius 1 is 0.517 bits per heavy atom. The fourth-order valence-corrected chi connectivity index (χ4v) is 11.4. The molecular weight excluding hydrogens is 797 g/mol. The smallest absolute Gasteiger partial charge is 0.250 e. The van der Waals surface area contributed by atoms with Gasteiger partial charge in [0.2, 0.25) is 25.0 Å². The predicted molar refractivity (Wildman–Crippen MR) is 273 cm³/mol. The topological polar surface area (TPSA) is 27.7 Å². The van der Waals surface area contributed by atoms with Crippen molar-refractivity contribution in [1.82, 2.24) is 0 Å². The Bertz CT molecular complexity index is 2080. The quantitative estimate of drug-likeness (QED) is 0.130. The minimum absolute atomic E-state index is 0.00402. The maximum Gasteiger partial charge on any atom is 0.250 e. The molecule has 0 spiro atoms. The first kappa shape index (κ1) is 51.0. The fraction of sp³-hybridized carbons (Fsp3) is 0.547. The van der Waals surface area contributed by atoms with Crippen LogP contribution in [0.5, 0.6) is 17.2 Å². The van der Waals surface area contributed by atoms with Gasteiger partial charge in [-0.1, -0.05) is 133 Å². The molecule has 1 aliphatic carbocycles. The average molecular weight is 878 g/mol. The first-order chi connectivity index (χ1) is 27.0. The molecule has 0 heterocycles. The van der Waals surface area contributed by atoms with Crippen molar-refractivity contribution in [3.8, 4) is 54.3 Å². The van der Waals surface area contributed by atoms with E-state index in [1.807, 2.05) is 24.3 Å². The van der Waals surface area contributed by atoms with E-state index in [4.69, 9.17) is 32.5 Å². The van der Waals surface area contributed by atoms with Crippen LogP contribution in [0.3, 0.4) is 0 Å². The van der Waals surface area contributed by atoms with Gasteiger partial charge < -0.3 is 13.3 Å². The molecule has 60 heavy (non-hydrogen) atoms. The Kier molecular flexibility index (Phi) is 14.8. The summed E-state index contributed by atoms with van der Waals surface area (Å²) in [6, 6.07) is 14.3. The van der Waals surface area contributed by atoms with E-state index in [9.17, 15) is 0 Å². The van der Waals surface area contributed by atoms with Crippen molar-refractivity contribution >= 4 is 33.0 Å². The highest BCUT2D eigenvalue weighted by Gasteiger charge is 2.44. The first-order valence-electron chi connectivity index (χ1n) is 21.9. The maximum absolute atomic E-state index is 7.14. The average Bonchev–Trinajstić information content (AvgIpc) is 3.09. The Hall–Kier alpha value is -3.39. The standard InChI is InChI=1S/C44H58O3Si3.C9H22Si/c1-19-30-22-25-33(45-48(13,14)42(4,5)6)28-34(30)41-39-31(20-2)23-26-37(46-49(15,16)43(7,8)9)35(39)29-36-38(27-24-32(21-3)40(36)41)47-50(17,18)44(10,11)12;1-8(2)10(6,7)9(3,4)5/h1-3,22-28,41H,29H2,4-18H3;8H,1-7H3. The summed E-state index contributed by atoms with van der Waals surface area (Å²) in [4.78, 5) is 0. The lowest BCUT2D eigenvalue weighted by atomic mass is 9.70. The highest BCUT2D eigenvalue weighted by molar-refractivity contribution is 6.81. The van der Waals surface area contributed by atoms with Gasteiger partial charge >= 0.3 is 0 Å². The van der Waals surface area contributed by atoms with Gasteiger partial charge in [0.1, 0.15) is 17.2 Å². The van der Waals surface area contributed by atoms with Crippen LogP contribution in [0.4, 0.5) is 0 Å². The number of benzene rings is 3. The second kappa shape index (κ2) is 17.4. The molecule has 0 radical (unpaired) electrons. The number of fused-ring (bicyclic) bond motifs is 2. The summed E-state index contributed by atoms with van der Waals surface area (Å²) in [6.07, 6.45) is 19.6. The zero-order valence-corrected chi connectivity index (χ0v) is 45.9. The highest BCUT2D eigenvalue weighted by Crippen LogP contribution is 2.52. The van der Waals surface area contributed by atoms with Crippen molar-refractivity contribution in [2.75, 3.05) is 0 Å². The van der Waals surface area contributed by atoms with Crippen LogP contribution < -0.4 is 13.3 Å². The molecular formula is C53H80O3Si4. The molecule has 0 aromatic heterocycles. The third kappa shape index (κ3) is 10.4. The fourth-order valence-electron chi connectivity index (χ4n) is 6.53. The van der Waals surface area contributed by atoms with Gasteiger partial charge in [0.15, 0.2) is 0 Å². The van der Waals surface area contributed by atoms with Crippen molar-refractivity contribution < 1.29 is 13.3 Å². The Morgan fingerprint density at radius 3 is 1.17 bits per heavy atom. The van der Waals surface area contributed by atoms with Crippen LogP contribution in [0.15, 0.2) is 42.5 Å². The van der Waals surface area contributed by atoms with Crippen LogP contribution in [0.25, 0.3) is 0 Å². The Labute approximate surface area is 373 Å². The summed E-state index contributed by atoms with van der Waals surface area (Å²) in [6.45, 7) is 50.8. The molecule has 326 valence electrons. The molecule has 3 aromatic carbocycles. The van der Waals surface area contributed by atoms with Crippen LogP contribution in [-0.2, 0) is 6.42 Å². The van der Waals surface area contributed by atoms with Crippen LogP contribution in [-0.4, -0.2) is 33.0 Å². The summed E-state index contributed by atoms with van der Waals surface area (Å²) in [5.41, 5.74) is 8.36. The molecule has 0 saturated heterocycles. The molecule has 7 heteroatoms. The van der Waals surface area contributed by atoms with E-state index in [1.54, 1.807) is 0 Å². The lowest BCUT2D eigenvalue weighted by molar-refractivity contribution is 0.479. The van der Waals surface area contributed by atoms with Crippen molar-refractivity contribution in [3.05, 3.63) is 87.0 Å². The van der Waals surface area contributed by atoms with E-state index in [-0.39, 0.29) is 21.0 Å². The van der Waals surface area contributed by atoms with Gasteiger partial charge in [-0.2, -0.15) is 0 Å². The monoisotopic (exact) mass is 877 g/mol. The van der Waals surface area contributed by atoms with Gasteiger partial charge in [-0.3, -0.25) is 0 Å². The van der Waals surface area contributed by atoms with E-state index < -0.39 is 33.0 Å². The molecule has 3 nitrogen and oxygen atoms in total. The number of terminal acetylenes is 3. The maximum atomic E-state index is 7.14. The first-order valence-corrected chi connectivity index (χ1v) is 33.7. The third-order valence-corrected chi connectivity index (χ3v) is 35.1. The number of rotatable bonds is 8. The molecule has 0 fully saturated rings. The normalized spacial score (nSPS) is 14.1. The molecule has 0 saturated carbocycles. The second-order valence-electron chi connectivity index (χ2n) is 23.5. The van der Waals surface area contributed by atoms with Gasteiger partial charge in [-0.25, -0.2) is 0 Å². The summed E-state index contributed by atoms with van der Waals surface area (Å²) in [7, 11) is -7.66. The lowest BCUT2D eigenvalue weighted by Crippen LogP contribution is -2.44. The SMILES string of the molecule is C#Cc1ccc(O[Si](C)(C)C(C)(C)C)cc1C1c2c(C#C)ccc(O[Si](C)(C)C(C)(C)C)c2Cc2c(O[Si](C)(C)C(C)(C)C)ccc(C#C)c21.CC(C)[Si](C)(C)C(C)(C)C. The van der Waals surface area contributed by atoms with Crippen molar-refractivity contribution in [1.29, 1.82) is 0 Å². The number of hydrogen-bond acceptors (Lipinski definition) is 3.